The summed E-state index contributed by atoms with van der Waals surface area (Å²) in [5, 5.41) is 10.6. The van der Waals surface area contributed by atoms with Crippen molar-refractivity contribution >= 4 is 54.3 Å². The van der Waals surface area contributed by atoms with Crippen LogP contribution >= 0.6 is 0 Å². The molecule has 0 atom stereocenters. The predicted molar refractivity (Wildman–Crippen MR) is 118 cm³/mol. The van der Waals surface area contributed by atoms with Crippen molar-refractivity contribution in [3.05, 3.63) is 83.9 Å². The van der Waals surface area contributed by atoms with Crippen LogP contribution < -0.4 is 0 Å². The maximum Gasteiger partial charge on any atom is 0.136 e. The number of rotatable bonds is 0. The third kappa shape index (κ3) is 1.49. The molecule has 7 rings (SSSR count). The Balaban J connectivity index is 2.00. The fourth-order valence-electron chi connectivity index (χ4n) is 5.58. The van der Waals surface area contributed by atoms with E-state index in [1.54, 1.807) is 0 Å². The first-order chi connectivity index (χ1) is 13.7. The maximum atomic E-state index is 6.32. The molecule has 0 bridgehead atoms. The van der Waals surface area contributed by atoms with Crippen LogP contribution in [-0.2, 0) is 5.41 Å². The molecule has 0 aliphatic heterocycles. The van der Waals surface area contributed by atoms with Crippen LogP contribution in [0.2, 0.25) is 0 Å². The van der Waals surface area contributed by atoms with Gasteiger partial charge >= 0.3 is 0 Å². The third-order valence-corrected chi connectivity index (χ3v) is 6.83. The Morgan fingerprint density at radius 3 is 1.89 bits per heavy atom. The molecule has 0 radical (unpaired) electrons. The van der Waals surface area contributed by atoms with Crippen molar-refractivity contribution < 1.29 is 4.42 Å². The summed E-state index contributed by atoms with van der Waals surface area (Å²) >= 11 is 0. The normalized spacial score (nSPS) is 15.1. The van der Waals surface area contributed by atoms with Crippen molar-refractivity contribution in [3.63, 3.8) is 0 Å². The molecule has 1 aliphatic rings. The summed E-state index contributed by atoms with van der Waals surface area (Å²) in [7, 11) is 0. The van der Waals surface area contributed by atoms with Gasteiger partial charge in [0, 0.05) is 21.6 Å². The zero-order valence-electron chi connectivity index (χ0n) is 15.8. The molecule has 0 unspecified atom stereocenters. The maximum absolute atomic E-state index is 6.32. The second-order valence-corrected chi connectivity index (χ2v) is 8.54. The van der Waals surface area contributed by atoms with E-state index < -0.39 is 0 Å². The summed E-state index contributed by atoms with van der Waals surface area (Å²) in [5.41, 5.74) is 4.62. The van der Waals surface area contributed by atoms with Crippen LogP contribution in [0.3, 0.4) is 0 Å². The van der Waals surface area contributed by atoms with E-state index in [1.807, 2.05) is 0 Å². The molecule has 1 aliphatic carbocycles. The second kappa shape index (κ2) is 4.56. The standard InChI is InChI=1S/C27H18O/c1-27(2)19-10-5-9-17-15-7-3-4-8-16(15)18-13-14-22-26(24(18)23(17)19)25-20(27)11-6-12-21(25)28-22/h3-14H,1-2H3. The average Bonchev–Trinajstić information content (AvgIpc) is 3.08. The largest absolute Gasteiger partial charge is 0.456 e. The van der Waals surface area contributed by atoms with Crippen molar-refractivity contribution in [3.8, 4) is 0 Å². The van der Waals surface area contributed by atoms with E-state index >= 15 is 0 Å². The summed E-state index contributed by atoms with van der Waals surface area (Å²) in [6.07, 6.45) is 0. The van der Waals surface area contributed by atoms with Gasteiger partial charge in [0.15, 0.2) is 0 Å². The summed E-state index contributed by atoms with van der Waals surface area (Å²) in [6.45, 7) is 4.70. The lowest BCUT2D eigenvalue weighted by atomic mass is 9.75. The van der Waals surface area contributed by atoms with Crippen LogP contribution in [0.1, 0.15) is 25.0 Å². The Morgan fingerprint density at radius 2 is 1.11 bits per heavy atom. The molecule has 1 nitrogen and oxygen atoms in total. The highest BCUT2D eigenvalue weighted by Crippen LogP contribution is 2.51. The van der Waals surface area contributed by atoms with E-state index in [-0.39, 0.29) is 5.41 Å². The van der Waals surface area contributed by atoms with Gasteiger partial charge in [0.2, 0.25) is 0 Å². The lowest BCUT2D eigenvalue weighted by Crippen LogP contribution is -2.19. The lowest BCUT2D eigenvalue weighted by molar-refractivity contribution is 0.647. The fraction of sp³-hybridized carbons (Fsp3) is 0.111. The highest BCUT2D eigenvalue weighted by molar-refractivity contribution is 6.36. The topological polar surface area (TPSA) is 13.1 Å². The lowest BCUT2D eigenvalue weighted by Gasteiger charge is -2.27. The molecule has 1 heterocycles. The first kappa shape index (κ1) is 14.7. The van der Waals surface area contributed by atoms with Crippen LogP contribution in [0.5, 0.6) is 0 Å². The molecule has 5 aromatic carbocycles. The monoisotopic (exact) mass is 358 g/mol. The van der Waals surface area contributed by atoms with Gasteiger partial charge < -0.3 is 4.42 Å². The molecule has 0 spiro atoms. The molecule has 1 aromatic heterocycles. The van der Waals surface area contributed by atoms with Crippen LogP contribution in [0.15, 0.2) is 77.2 Å². The Morgan fingerprint density at radius 1 is 0.500 bits per heavy atom. The zero-order chi connectivity index (χ0) is 18.6. The van der Waals surface area contributed by atoms with E-state index in [9.17, 15) is 0 Å². The first-order valence-corrected chi connectivity index (χ1v) is 9.88. The molecule has 1 heteroatoms. The van der Waals surface area contributed by atoms with E-state index in [0.717, 1.165) is 11.2 Å². The summed E-state index contributed by atoms with van der Waals surface area (Å²) < 4.78 is 6.32. The second-order valence-electron chi connectivity index (χ2n) is 8.54. The van der Waals surface area contributed by atoms with Crippen molar-refractivity contribution in [1.82, 2.24) is 0 Å². The number of benzene rings is 5. The first-order valence-electron chi connectivity index (χ1n) is 9.88. The fourth-order valence-corrected chi connectivity index (χ4v) is 5.58. The number of hydrogen-bond donors (Lipinski definition) is 0. The highest BCUT2D eigenvalue weighted by atomic mass is 16.3. The third-order valence-electron chi connectivity index (χ3n) is 6.83. The van der Waals surface area contributed by atoms with Crippen LogP contribution in [0.25, 0.3) is 54.3 Å². The van der Waals surface area contributed by atoms with Gasteiger partial charge in [-0.05, 0) is 56.3 Å². The minimum Gasteiger partial charge on any atom is -0.456 e. The molecular formula is C27H18O. The van der Waals surface area contributed by atoms with E-state index in [0.29, 0.717) is 0 Å². The van der Waals surface area contributed by atoms with E-state index in [1.165, 1.54) is 54.2 Å². The van der Waals surface area contributed by atoms with E-state index in [2.05, 4.69) is 86.6 Å². The van der Waals surface area contributed by atoms with Crippen molar-refractivity contribution in [2.75, 3.05) is 0 Å². The Kier molecular flexibility index (Phi) is 2.39. The smallest absolute Gasteiger partial charge is 0.136 e. The summed E-state index contributed by atoms with van der Waals surface area (Å²) in [5.74, 6) is 0. The quantitative estimate of drug-likeness (QED) is 0.254. The molecular weight excluding hydrogens is 340 g/mol. The molecule has 28 heavy (non-hydrogen) atoms. The van der Waals surface area contributed by atoms with Gasteiger partial charge in [-0.25, -0.2) is 0 Å². The zero-order valence-corrected chi connectivity index (χ0v) is 15.8. The van der Waals surface area contributed by atoms with Crippen LogP contribution in [0, 0.1) is 0 Å². The summed E-state index contributed by atoms with van der Waals surface area (Å²) in [4.78, 5) is 0. The molecule has 6 aromatic rings. The van der Waals surface area contributed by atoms with E-state index in [4.69, 9.17) is 4.42 Å². The minimum absolute atomic E-state index is 0.107. The number of hydrogen-bond acceptors (Lipinski definition) is 1. The van der Waals surface area contributed by atoms with Gasteiger partial charge in [0.1, 0.15) is 11.2 Å². The minimum atomic E-state index is -0.107. The molecule has 0 fully saturated rings. The van der Waals surface area contributed by atoms with Gasteiger partial charge in [-0.3, -0.25) is 0 Å². The van der Waals surface area contributed by atoms with Gasteiger partial charge in [0.05, 0.1) is 0 Å². The van der Waals surface area contributed by atoms with Crippen molar-refractivity contribution in [1.29, 1.82) is 0 Å². The SMILES string of the molecule is CC1(C)c2cccc3oc4ccc5c6ccccc6c6cccc1c6c5c4c23. The van der Waals surface area contributed by atoms with Crippen molar-refractivity contribution in [2.45, 2.75) is 19.3 Å². The van der Waals surface area contributed by atoms with Gasteiger partial charge in [-0.1, -0.05) is 68.4 Å². The van der Waals surface area contributed by atoms with Gasteiger partial charge in [-0.2, -0.15) is 0 Å². The van der Waals surface area contributed by atoms with Crippen LogP contribution in [-0.4, -0.2) is 0 Å². The van der Waals surface area contributed by atoms with Crippen molar-refractivity contribution in [2.24, 2.45) is 0 Å². The predicted octanol–water partition coefficient (Wildman–Crippen LogP) is 7.68. The van der Waals surface area contributed by atoms with Gasteiger partial charge in [0.25, 0.3) is 0 Å². The molecule has 0 saturated carbocycles. The Bertz CT molecular complexity index is 1630. The average molecular weight is 358 g/mol. The highest BCUT2D eigenvalue weighted by Gasteiger charge is 2.33. The molecule has 132 valence electrons. The molecule has 0 N–H and O–H groups in total. The number of fused-ring (bicyclic) bond motifs is 3. The Labute approximate surface area is 162 Å². The van der Waals surface area contributed by atoms with Gasteiger partial charge in [-0.15, -0.1) is 0 Å². The Hall–Kier alpha value is -3.32. The van der Waals surface area contributed by atoms with Crippen LogP contribution in [0.4, 0.5) is 0 Å². The molecule has 0 amide bonds. The number of furan rings is 1. The molecule has 0 saturated heterocycles. The summed E-state index contributed by atoms with van der Waals surface area (Å²) in [6, 6.07) is 26.5.